The van der Waals surface area contributed by atoms with Crippen LogP contribution in [0.15, 0.2) is 54.7 Å². The number of aromatic nitrogens is 1. The molecule has 190 valence electrons. The third-order valence-corrected chi connectivity index (χ3v) is 7.18. The molecule has 2 aromatic carbocycles. The summed E-state index contributed by atoms with van der Waals surface area (Å²) in [6.07, 6.45) is -3.22. The molecule has 4 rings (SSSR count). The minimum absolute atomic E-state index is 0.161. The predicted molar refractivity (Wildman–Crippen MR) is 131 cm³/mol. The maximum atomic E-state index is 14.2. The van der Waals surface area contributed by atoms with Crippen molar-refractivity contribution in [3.63, 3.8) is 0 Å². The van der Waals surface area contributed by atoms with Crippen LogP contribution in [0.5, 0.6) is 0 Å². The van der Waals surface area contributed by atoms with Crippen molar-refractivity contribution in [3.05, 3.63) is 98.5 Å². The molecule has 1 aromatic heterocycles. The fourth-order valence-electron chi connectivity index (χ4n) is 4.54. The van der Waals surface area contributed by atoms with E-state index in [2.05, 4.69) is 4.98 Å². The average molecular weight is 540 g/mol. The molecule has 0 N–H and O–H groups in total. The monoisotopic (exact) mass is 539 g/mol. The highest BCUT2D eigenvalue weighted by molar-refractivity contribution is 6.42. The second-order valence-electron chi connectivity index (χ2n) is 8.97. The van der Waals surface area contributed by atoms with Gasteiger partial charge in [-0.15, -0.1) is 0 Å². The van der Waals surface area contributed by atoms with Gasteiger partial charge in [-0.05, 0) is 61.5 Å². The molecule has 0 radical (unpaired) electrons. The predicted octanol–water partition coefficient (Wildman–Crippen LogP) is 6.59. The summed E-state index contributed by atoms with van der Waals surface area (Å²) in [7, 11) is 1.80. The van der Waals surface area contributed by atoms with E-state index in [1.165, 1.54) is 12.3 Å². The lowest BCUT2D eigenvalue weighted by Gasteiger charge is -2.29. The largest absolute Gasteiger partial charge is 0.419 e. The third kappa shape index (κ3) is 5.66. The van der Waals surface area contributed by atoms with Crippen LogP contribution in [0.1, 0.15) is 38.7 Å². The Morgan fingerprint density at radius 2 is 1.83 bits per heavy atom. The first kappa shape index (κ1) is 26.4. The van der Waals surface area contributed by atoms with Crippen LogP contribution in [0.25, 0.3) is 0 Å². The number of likely N-dealkylation sites (tertiary alicyclic amines) is 1. The number of benzene rings is 2. The van der Waals surface area contributed by atoms with Crippen LogP contribution < -0.4 is 0 Å². The molecule has 3 aromatic rings. The summed E-state index contributed by atoms with van der Waals surface area (Å²) in [5, 5.41) is 0.787. The van der Waals surface area contributed by atoms with Gasteiger partial charge in [-0.25, -0.2) is 4.39 Å². The maximum Gasteiger partial charge on any atom is 0.419 e. The van der Waals surface area contributed by atoms with E-state index in [-0.39, 0.29) is 24.4 Å². The van der Waals surface area contributed by atoms with Crippen LogP contribution in [0.4, 0.5) is 17.6 Å². The van der Waals surface area contributed by atoms with Crippen molar-refractivity contribution >= 4 is 29.1 Å². The van der Waals surface area contributed by atoms with Crippen molar-refractivity contribution in [1.82, 2.24) is 14.8 Å². The minimum Gasteiger partial charge on any atom is -0.336 e. The molecule has 1 fully saturated rings. The molecule has 2 heterocycles. The number of carbonyl (C=O) groups excluding carboxylic acids is 1. The summed E-state index contributed by atoms with van der Waals surface area (Å²) in [5.41, 5.74) is 1.22. The van der Waals surface area contributed by atoms with E-state index >= 15 is 0 Å². The number of nitrogens with zero attached hydrogens (tertiary/aromatic N) is 3. The zero-order valence-corrected chi connectivity index (χ0v) is 21.0. The molecule has 10 heteroatoms. The van der Waals surface area contributed by atoms with Gasteiger partial charge >= 0.3 is 6.18 Å². The first-order valence-electron chi connectivity index (χ1n) is 11.2. The summed E-state index contributed by atoms with van der Waals surface area (Å²) in [5.74, 6) is -1.65. The number of amides is 1. The Kier molecular flexibility index (Phi) is 7.59. The van der Waals surface area contributed by atoms with Gasteiger partial charge in [-0.3, -0.25) is 14.7 Å². The number of aryl methyl sites for hydroxylation is 1. The van der Waals surface area contributed by atoms with Crippen molar-refractivity contribution < 1.29 is 22.4 Å². The molecule has 2 atom stereocenters. The second kappa shape index (κ2) is 10.4. The average Bonchev–Trinajstić information content (AvgIpc) is 3.26. The van der Waals surface area contributed by atoms with Gasteiger partial charge in [0.05, 0.1) is 21.2 Å². The van der Waals surface area contributed by atoms with Crippen LogP contribution in [0.3, 0.4) is 0 Å². The molecule has 0 bridgehead atoms. The molecule has 36 heavy (non-hydrogen) atoms. The first-order valence-corrected chi connectivity index (χ1v) is 11.9. The molecular formula is C26H23Cl2F4N3O. The molecule has 0 aliphatic carbocycles. The molecule has 4 nitrogen and oxygen atoms in total. The SMILES string of the molecule is Cc1ccc(C(=O)N2CC(c3ccc(Cl)c(Cl)c3)C(N(C)Cc3ccc(C(F)(F)F)c(F)c3)C2)cn1. The zero-order chi connectivity index (χ0) is 26.2. The normalized spacial score (nSPS) is 18.2. The Morgan fingerprint density at radius 1 is 1.08 bits per heavy atom. The van der Waals surface area contributed by atoms with Gasteiger partial charge in [0.15, 0.2) is 0 Å². The number of hydrogen-bond donors (Lipinski definition) is 0. The molecule has 1 aliphatic rings. The highest BCUT2D eigenvalue weighted by atomic mass is 35.5. The lowest BCUT2D eigenvalue weighted by atomic mass is 9.93. The molecule has 0 spiro atoms. The van der Waals surface area contributed by atoms with E-state index < -0.39 is 17.6 Å². The van der Waals surface area contributed by atoms with Crippen LogP contribution in [-0.4, -0.2) is 46.9 Å². The second-order valence-corrected chi connectivity index (χ2v) is 9.79. The van der Waals surface area contributed by atoms with Crippen LogP contribution in [0.2, 0.25) is 10.0 Å². The molecule has 1 amide bonds. The standard InChI is InChI=1S/C26H23Cl2F4N3O/c1-15-3-5-18(11-33-15)25(36)35-13-19(17-6-8-21(27)22(28)10-17)24(14-35)34(2)12-16-4-7-20(23(29)9-16)26(30,31)32/h3-11,19,24H,12-14H2,1-2H3. The number of halogens is 6. The Balaban J connectivity index is 1.61. The van der Waals surface area contributed by atoms with E-state index in [4.69, 9.17) is 23.2 Å². The van der Waals surface area contributed by atoms with E-state index in [0.717, 1.165) is 23.4 Å². The maximum absolute atomic E-state index is 14.2. The van der Waals surface area contributed by atoms with E-state index in [0.29, 0.717) is 34.3 Å². The Bertz CT molecular complexity index is 1270. The van der Waals surface area contributed by atoms with Gasteiger partial charge in [0.2, 0.25) is 0 Å². The fourth-order valence-corrected chi connectivity index (χ4v) is 4.85. The van der Waals surface area contributed by atoms with Crippen LogP contribution in [0, 0.1) is 12.7 Å². The molecule has 0 saturated carbocycles. The van der Waals surface area contributed by atoms with Gasteiger partial charge in [-0.1, -0.05) is 35.3 Å². The Labute approximate surface area is 216 Å². The smallest absolute Gasteiger partial charge is 0.336 e. The van der Waals surface area contributed by atoms with Crippen molar-refractivity contribution in [1.29, 1.82) is 0 Å². The topological polar surface area (TPSA) is 36.4 Å². The lowest BCUT2D eigenvalue weighted by molar-refractivity contribution is -0.140. The van der Waals surface area contributed by atoms with Gasteiger partial charge < -0.3 is 4.90 Å². The summed E-state index contributed by atoms with van der Waals surface area (Å²) < 4.78 is 53.0. The Hall–Kier alpha value is -2.68. The van der Waals surface area contributed by atoms with Gasteiger partial charge in [0.1, 0.15) is 5.82 Å². The van der Waals surface area contributed by atoms with Crippen molar-refractivity contribution in [2.45, 2.75) is 31.6 Å². The van der Waals surface area contributed by atoms with Gasteiger partial charge in [-0.2, -0.15) is 13.2 Å². The molecular weight excluding hydrogens is 517 g/mol. The van der Waals surface area contributed by atoms with Gasteiger partial charge in [0, 0.05) is 43.5 Å². The summed E-state index contributed by atoms with van der Waals surface area (Å²) in [4.78, 5) is 21.1. The fraction of sp³-hybridized carbons (Fsp3) is 0.308. The van der Waals surface area contributed by atoms with E-state index in [9.17, 15) is 22.4 Å². The molecule has 1 aliphatic heterocycles. The summed E-state index contributed by atoms with van der Waals surface area (Å²) in [6.45, 7) is 2.77. The lowest BCUT2D eigenvalue weighted by Crippen LogP contribution is -2.38. The van der Waals surface area contributed by atoms with Crippen LogP contribution >= 0.6 is 23.2 Å². The Morgan fingerprint density at radius 3 is 2.44 bits per heavy atom. The number of carbonyl (C=O) groups is 1. The molecule has 2 unspecified atom stereocenters. The van der Waals surface area contributed by atoms with E-state index in [1.807, 2.05) is 17.9 Å². The van der Waals surface area contributed by atoms with E-state index in [1.54, 1.807) is 36.2 Å². The van der Waals surface area contributed by atoms with Crippen molar-refractivity contribution in [3.8, 4) is 0 Å². The number of alkyl halides is 3. The number of pyridine rings is 1. The van der Waals surface area contributed by atoms with Crippen molar-refractivity contribution in [2.75, 3.05) is 20.1 Å². The number of rotatable bonds is 5. The highest BCUT2D eigenvalue weighted by Crippen LogP contribution is 2.36. The first-order chi connectivity index (χ1) is 16.9. The number of hydrogen-bond acceptors (Lipinski definition) is 3. The van der Waals surface area contributed by atoms with Gasteiger partial charge in [0.25, 0.3) is 5.91 Å². The third-order valence-electron chi connectivity index (χ3n) is 6.44. The minimum atomic E-state index is -4.76. The summed E-state index contributed by atoms with van der Waals surface area (Å²) in [6, 6.07) is 11.5. The zero-order valence-electron chi connectivity index (χ0n) is 19.5. The number of likely N-dealkylation sites (N-methyl/N-ethyl adjacent to an activating group) is 1. The highest BCUT2D eigenvalue weighted by Gasteiger charge is 2.39. The summed E-state index contributed by atoms with van der Waals surface area (Å²) >= 11 is 12.4. The van der Waals surface area contributed by atoms with Crippen LogP contribution in [-0.2, 0) is 12.7 Å². The van der Waals surface area contributed by atoms with Crippen molar-refractivity contribution in [2.24, 2.45) is 0 Å². The molecule has 1 saturated heterocycles. The quantitative estimate of drug-likeness (QED) is 0.343.